The Labute approximate surface area is 244 Å². The number of carbonyl (C=O) groups is 2. The molecule has 6 nitrogen and oxygen atoms in total. The lowest BCUT2D eigenvalue weighted by Gasteiger charge is -2.34. The molecule has 0 bridgehead atoms. The third kappa shape index (κ3) is 6.63. The van der Waals surface area contributed by atoms with Gasteiger partial charge in [-0.15, -0.1) is 11.3 Å². The number of nitrogens with one attached hydrogen (secondary N) is 1. The molecule has 2 amide bonds. The first-order valence-electron chi connectivity index (χ1n) is 13.4. The molecular formula is C30H37IN4O2S. The number of nitrogens with zero attached hydrogens (tertiary/aromatic N) is 3. The molecule has 8 heteroatoms. The minimum atomic E-state index is -0.418. The van der Waals surface area contributed by atoms with E-state index in [4.69, 9.17) is 0 Å². The number of rotatable bonds is 10. The number of aromatic nitrogens is 1. The van der Waals surface area contributed by atoms with E-state index in [9.17, 15) is 9.59 Å². The minimum Gasteiger partial charge on any atom is -0.329 e. The van der Waals surface area contributed by atoms with Crippen LogP contribution in [0, 0.1) is 12.8 Å². The Morgan fingerprint density at radius 3 is 2.50 bits per heavy atom. The van der Waals surface area contributed by atoms with Crippen LogP contribution in [0.3, 0.4) is 0 Å². The number of likely N-dealkylation sites (tertiary alicyclic amines) is 1. The monoisotopic (exact) mass is 644 g/mol. The van der Waals surface area contributed by atoms with E-state index in [2.05, 4.69) is 90.3 Å². The van der Waals surface area contributed by atoms with Gasteiger partial charge in [-0.25, -0.2) is 4.98 Å². The number of carbonyl (C=O) groups excluding carboxylic acids is 2. The molecule has 0 radical (unpaired) electrons. The van der Waals surface area contributed by atoms with Crippen LogP contribution in [0.2, 0.25) is 0 Å². The molecule has 38 heavy (non-hydrogen) atoms. The average Bonchev–Trinajstić information content (AvgIpc) is 3.60. The predicted octanol–water partition coefficient (Wildman–Crippen LogP) is 6.55. The summed E-state index contributed by atoms with van der Waals surface area (Å²) < 4.78 is 1.74. The van der Waals surface area contributed by atoms with Crippen molar-refractivity contribution in [3.63, 3.8) is 0 Å². The summed E-state index contributed by atoms with van der Waals surface area (Å²) in [5, 5.41) is 3.59. The van der Waals surface area contributed by atoms with E-state index >= 15 is 0 Å². The van der Waals surface area contributed by atoms with Gasteiger partial charge in [-0.1, -0.05) is 74.9 Å². The molecular weight excluding hydrogens is 607 g/mol. The molecule has 0 saturated carbocycles. The van der Waals surface area contributed by atoms with Gasteiger partial charge in [0.05, 0.1) is 51.5 Å². The van der Waals surface area contributed by atoms with Crippen molar-refractivity contribution in [1.29, 1.82) is 0 Å². The van der Waals surface area contributed by atoms with E-state index in [-0.39, 0.29) is 29.8 Å². The summed E-state index contributed by atoms with van der Waals surface area (Å²) in [5.41, 5.74) is 6.24. The van der Waals surface area contributed by atoms with E-state index < -0.39 is 6.04 Å². The lowest BCUT2D eigenvalue weighted by Crippen LogP contribution is -2.54. The van der Waals surface area contributed by atoms with E-state index in [0.29, 0.717) is 19.5 Å². The number of hydrogen-bond acceptors (Lipinski definition) is 5. The standard InChI is InChI=1S/C30H37IN4O2S/c1-5-20(2)27(33-21(3)24-10-7-6-8-11-24)30(37)34-17-9-12-26(34)29(36)35(31)18-23-13-15-25(16-14-23)28-22(4)32-19-38-28/h6-8,10-11,13-16,19-21,26-27,33H,5,9,12,17-18H2,1-4H3/t20-,21?,26-,27-/m0/s1. The fraction of sp³-hybridized carbons (Fsp3) is 0.433. The van der Waals surface area contributed by atoms with Crippen LogP contribution in [-0.2, 0) is 16.1 Å². The number of aryl methyl sites for hydroxylation is 1. The Bertz CT molecular complexity index is 1220. The number of halogens is 1. The molecule has 3 aromatic rings. The minimum absolute atomic E-state index is 0.00200. The molecule has 2 heterocycles. The van der Waals surface area contributed by atoms with Crippen molar-refractivity contribution in [1.82, 2.24) is 18.3 Å². The summed E-state index contributed by atoms with van der Waals surface area (Å²) >= 11 is 3.74. The van der Waals surface area contributed by atoms with Crippen molar-refractivity contribution in [2.24, 2.45) is 5.92 Å². The van der Waals surface area contributed by atoms with Crippen molar-refractivity contribution in [3.05, 3.63) is 76.9 Å². The molecule has 1 N–H and O–H groups in total. The smallest absolute Gasteiger partial charge is 0.254 e. The van der Waals surface area contributed by atoms with Crippen LogP contribution in [0.1, 0.15) is 62.9 Å². The molecule has 1 fully saturated rings. The summed E-state index contributed by atoms with van der Waals surface area (Å²) in [4.78, 5) is 34.8. The molecule has 1 aromatic heterocycles. The van der Waals surface area contributed by atoms with E-state index in [1.807, 2.05) is 35.5 Å². The maximum Gasteiger partial charge on any atom is 0.254 e. The van der Waals surface area contributed by atoms with Gasteiger partial charge in [-0.2, -0.15) is 0 Å². The number of thiazole rings is 1. The summed E-state index contributed by atoms with van der Waals surface area (Å²) in [5.74, 6) is 0.186. The van der Waals surface area contributed by atoms with E-state index in [0.717, 1.165) is 35.2 Å². The van der Waals surface area contributed by atoms with Crippen LogP contribution in [0.25, 0.3) is 10.4 Å². The molecule has 1 aliphatic heterocycles. The zero-order chi connectivity index (χ0) is 27.2. The van der Waals surface area contributed by atoms with Gasteiger partial charge in [-0.05, 0) is 49.3 Å². The largest absolute Gasteiger partial charge is 0.329 e. The zero-order valence-electron chi connectivity index (χ0n) is 22.6. The second-order valence-corrected chi connectivity index (χ2v) is 12.2. The number of amides is 2. The summed E-state index contributed by atoms with van der Waals surface area (Å²) in [6.45, 7) is 9.46. The van der Waals surface area contributed by atoms with Gasteiger partial charge in [0.2, 0.25) is 5.91 Å². The highest BCUT2D eigenvalue weighted by molar-refractivity contribution is 14.1. The fourth-order valence-electron chi connectivity index (χ4n) is 5.03. The fourth-order valence-corrected chi connectivity index (χ4v) is 6.56. The van der Waals surface area contributed by atoms with Crippen molar-refractivity contribution in [2.75, 3.05) is 6.54 Å². The third-order valence-electron chi connectivity index (χ3n) is 7.55. The Morgan fingerprint density at radius 1 is 1.16 bits per heavy atom. The molecule has 202 valence electrons. The first kappa shape index (κ1) is 28.7. The van der Waals surface area contributed by atoms with Gasteiger partial charge >= 0.3 is 0 Å². The molecule has 0 spiro atoms. The highest BCUT2D eigenvalue weighted by atomic mass is 127. The third-order valence-corrected chi connectivity index (χ3v) is 9.35. The number of hydrogen-bond donors (Lipinski definition) is 1. The van der Waals surface area contributed by atoms with Crippen molar-refractivity contribution in [2.45, 2.75) is 71.6 Å². The Morgan fingerprint density at radius 2 is 1.87 bits per heavy atom. The Kier molecular flexibility index (Phi) is 9.95. The van der Waals surface area contributed by atoms with Crippen LogP contribution in [0.15, 0.2) is 60.1 Å². The highest BCUT2D eigenvalue weighted by Gasteiger charge is 2.40. The molecule has 1 aliphatic rings. The maximum atomic E-state index is 13.9. The SMILES string of the molecule is CC[C@H](C)[C@H](NC(C)c1ccccc1)C(=O)N1CCC[C@H]1C(=O)N(I)Cc1ccc(-c2scnc2C)cc1. The quantitative estimate of drug-likeness (QED) is 0.201. The van der Waals surface area contributed by atoms with Crippen LogP contribution >= 0.6 is 34.2 Å². The van der Waals surface area contributed by atoms with E-state index in [1.54, 1.807) is 14.5 Å². The lowest BCUT2D eigenvalue weighted by atomic mass is 9.95. The lowest BCUT2D eigenvalue weighted by molar-refractivity contribution is -0.143. The second-order valence-electron chi connectivity index (χ2n) is 10.2. The van der Waals surface area contributed by atoms with Gasteiger partial charge in [0, 0.05) is 12.6 Å². The molecule has 0 aliphatic carbocycles. The molecule has 1 unspecified atom stereocenters. The van der Waals surface area contributed by atoms with Gasteiger partial charge in [0.25, 0.3) is 5.91 Å². The topological polar surface area (TPSA) is 65.5 Å². The highest BCUT2D eigenvalue weighted by Crippen LogP contribution is 2.29. The Hall–Kier alpha value is -2.30. The zero-order valence-corrected chi connectivity index (χ0v) is 25.5. The first-order valence-corrected chi connectivity index (χ1v) is 15.2. The van der Waals surface area contributed by atoms with Crippen molar-refractivity contribution >= 4 is 46.0 Å². The van der Waals surface area contributed by atoms with Gasteiger partial charge in [0.1, 0.15) is 6.04 Å². The van der Waals surface area contributed by atoms with Gasteiger partial charge < -0.3 is 4.90 Å². The number of benzene rings is 2. The van der Waals surface area contributed by atoms with Crippen molar-refractivity contribution in [3.8, 4) is 10.4 Å². The van der Waals surface area contributed by atoms with Crippen LogP contribution < -0.4 is 5.32 Å². The van der Waals surface area contributed by atoms with Crippen molar-refractivity contribution < 1.29 is 9.59 Å². The van der Waals surface area contributed by atoms with Gasteiger partial charge in [-0.3, -0.25) is 18.0 Å². The molecule has 4 atom stereocenters. The van der Waals surface area contributed by atoms with Crippen LogP contribution in [0.4, 0.5) is 0 Å². The maximum absolute atomic E-state index is 13.9. The predicted molar refractivity (Wildman–Crippen MR) is 163 cm³/mol. The Balaban J connectivity index is 1.43. The first-order chi connectivity index (χ1) is 18.3. The average molecular weight is 645 g/mol. The van der Waals surface area contributed by atoms with E-state index in [1.165, 1.54) is 4.88 Å². The molecule has 4 rings (SSSR count). The van der Waals surface area contributed by atoms with Crippen LogP contribution in [0.5, 0.6) is 0 Å². The summed E-state index contributed by atoms with van der Waals surface area (Å²) in [6.07, 6.45) is 2.43. The molecule has 1 saturated heterocycles. The van der Waals surface area contributed by atoms with Gasteiger partial charge in [0.15, 0.2) is 0 Å². The van der Waals surface area contributed by atoms with Crippen LogP contribution in [-0.4, -0.2) is 43.4 Å². The summed E-state index contributed by atoms with van der Waals surface area (Å²) in [7, 11) is 0. The second kappa shape index (κ2) is 13.2. The molecule has 2 aromatic carbocycles. The normalized spacial score (nSPS) is 17.7. The summed E-state index contributed by atoms with van der Waals surface area (Å²) in [6, 6.07) is 17.8.